The molecule has 4 aromatic carbocycles. The lowest BCUT2D eigenvalue weighted by atomic mass is 10.0. The van der Waals surface area contributed by atoms with Gasteiger partial charge in [0, 0.05) is 6.07 Å². The van der Waals surface area contributed by atoms with Gasteiger partial charge in [0.1, 0.15) is 23.3 Å². The Morgan fingerprint density at radius 3 is 2.41 bits per heavy atom. The van der Waals surface area contributed by atoms with E-state index in [1.807, 2.05) is 55.5 Å². The summed E-state index contributed by atoms with van der Waals surface area (Å²) < 4.78 is 16.8. The summed E-state index contributed by atoms with van der Waals surface area (Å²) in [4.78, 5) is 25.6. The molecule has 0 radical (unpaired) electrons. The van der Waals surface area contributed by atoms with Gasteiger partial charge in [-0.2, -0.15) is 0 Å². The van der Waals surface area contributed by atoms with Crippen LogP contribution in [0.5, 0.6) is 17.2 Å². The van der Waals surface area contributed by atoms with Crippen LogP contribution < -0.4 is 14.9 Å². The number of hydrogen-bond donors (Lipinski definition) is 0. The van der Waals surface area contributed by atoms with Gasteiger partial charge in [0.25, 0.3) is 0 Å². The Morgan fingerprint density at radius 1 is 0.812 bits per heavy atom. The maximum absolute atomic E-state index is 12.8. The maximum atomic E-state index is 12.8. The summed E-state index contributed by atoms with van der Waals surface area (Å²) in [5.74, 6) is 0.429. The SMILES string of the molecule is Cc1ccc(Oc2coc3cc(OC(=O)c4cccc5ccccc45)ccc3c2=O)cc1. The second-order valence-electron chi connectivity index (χ2n) is 7.42. The molecule has 0 fully saturated rings. The molecule has 0 unspecified atom stereocenters. The molecule has 0 bridgehead atoms. The summed E-state index contributed by atoms with van der Waals surface area (Å²) in [6, 6.07) is 25.1. The van der Waals surface area contributed by atoms with Crippen LogP contribution in [0.4, 0.5) is 0 Å². The van der Waals surface area contributed by atoms with Crippen molar-refractivity contribution in [1.29, 1.82) is 0 Å². The quantitative estimate of drug-likeness (QED) is 0.252. The molecule has 0 atom stereocenters. The lowest BCUT2D eigenvalue weighted by Gasteiger charge is -2.09. The Balaban J connectivity index is 1.43. The van der Waals surface area contributed by atoms with Crippen LogP contribution in [0.3, 0.4) is 0 Å². The zero-order valence-electron chi connectivity index (χ0n) is 17.2. The molecule has 0 saturated carbocycles. The van der Waals surface area contributed by atoms with Gasteiger partial charge in [-0.25, -0.2) is 4.79 Å². The second kappa shape index (κ2) is 8.04. The molecule has 5 heteroatoms. The van der Waals surface area contributed by atoms with Crippen molar-refractivity contribution in [3.05, 3.63) is 113 Å². The van der Waals surface area contributed by atoms with Crippen molar-refractivity contribution in [2.24, 2.45) is 0 Å². The van der Waals surface area contributed by atoms with Crippen LogP contribution >= 0.6 is 0 Å². The summed E-state index contributed by atoms with van der Waals surface area (Å²) in [6.07, 6.45) is 1.26. The lowest BCUT2D eigenvalue weighted by molar-refractivity contribution is 0.0737. The van der Waals surface area contributed by atoms with Crippen LogP contribution in [0.15, 0.2) is 100 Å². The van der Waals surface area contributed by atoms with E-state index in [0.717, 1.165) is 16.3 Å². The molecule has 0 saturated heterocycles. The van der Waals surface area contributed by atoms with E-state index in [-0.39, 0.29) is 16.9 Å². The zero-order valence-corrected chi connectivity index (χ0v) is 17.2. The highest BCUT2D eigenvalue weighted by molar-refractivity contribution is 6.05. The monoisotopic (exact) mass is 422 g/mol. The third-order valence-electron chi connectivity index (χ3n) is 5.18. The van der Waals surface area contributed by atoms with Crippen molar-refractivity contribution < 1.29 is 18.7 Å². The number of aryl methyl sites for hydroxylation is 1. The van der Waals surface area contributed by atoms with E-state index in [1.54, 1.807) is 30.3 Å². The highest BCUT2D eigenvalue weighted by atomic mass is 16.5. The summed E-state index contributed by atoms with van der Waals surface area (Å²) in [7, 11) is 0. The molecular weight excluding hydrogens is 404 g/mol. The van der Waals surface area contributed by atoms with Gasteiger partial charge in [-0.3, -0.25) is 4.79 Å². The highest BCUT2D eigenvalue weighted by Crippen LogP contribution is 2.26. The summed E-state index contributed by atoms with van der Waals surface area (Å²) in [5.41, 5.74) is 1.55. The average molecular weight is 422 g/mol. The molecule has 156 valence electrons. The highest BCUT2D eigenvalue weighted by Gasteiger charge is 2.15. The van der Waals surface area contributed by atoms with Crippen LogP contribution in [0, 0.1) is 6.92 Å². The Kier molecular flexibility index (Phi) is 4.92. The van der Waals surface area contributed by atoms with E-state index in [2.05, 4.69) is 0 Å². The number of hydrogen-bond acceptors (Lipinski definition) is 5. The predicted molar refractivity (Wildman–Crippen MR) is 123 cm³/mol. The van der Waals surface area contributed by atoms with Crippen molar-refractivity contribution in [3.63, 3.8) is 0 Å². The largest absolute Gasteiger partial charge is 0.460 e. The van der Waals surface area contributed by atoms with Crippen LogP contribution in [0.25, 0.3) is 21.7 Å². The minimum absolute atomic E-state index is 0.0850. The Hall–Kier alpha value is -4.38. The fourth-order valence-electron chi connectivity index (χ4n) is 3.52. The standard InChI is InChI=1S/C27H18O5/c1-17-9-11-19(12-10-17)31-25-16-30-24-15-20(13-14-23(24)26(25)28)32-27(29)22-8-4-6-18-5-2-3-7-21(18)22/h2-16H,1H3. The summed E-state index contributed by atoms with van der Waals surface area (Å²) in [5, 5.41) is 2.09. The first-order valence-electron chi connectivity index (χ1n) is 10.1. The van der Waals surface area contributed by atoms with Gasteiger partial charge >= 0.3 is 5.97 Å². The average Bonchev–Trinajstić information content (AvgIpc) is 2.82. The molecule has 5 aromatic rings. The van der Waals surface area contributed by atoms with Gasteiger partial charge in [-0.1, -0.05) is 54.1 Å². The minimum Gasteiger partial charge on any atom is -0.460 e. The molecule has 5 nitrogen and oxygen atoms in total. The van der Waals surface area contributed by atoms with E-state index in [0.29, 0.717) is 22.3 Å². The van der Waals surface area contributed by atoms with Gasteiger partial charge in [0.2, 0.25) is 11.2 Å². The van der Waals surface area contributed by atoms with E-state index in [9.17, 15) is 9.59 Å². The van der Waals surface area contributed by atoms with Crippen molar-refractivity contribution in [2.75, 3.05) is 0 Å². The molecular formula is C27H18O5. The van der Waals surface area contributed by atoms with E-state index in [4.69, 9.17) is 13.9 Å². The van der Waals surface area contributed by atoms with Crippen molar-refractivity contribution in [1.82, 2.24) is 0 Å². The topological polar surface area (TPSA) is 65.7 Å². The third kappa shape index (κ3) is 3.72. The van der Waals surface area contributed by atoms with E-state index in [1.165, 1.54) is 12.3 Å². The first-order valence-corrected chi connectivity index (χ1v) is 10.1. The number of carbonyl (C=O) groups is 1. The Bertz CT molecular complexity index is 1510. The van der Waals surface area contributed by atoms with Crippen molar-refractivity contribution in [3.8, 4) is 17.2 Å². The molecule has 0 amide bonds. The van der Waals surface area contributed by atoms with E-state index >= 15 is 0 Å². The minimum atomic E-state index is -0.483. The smallest absolute Gasteiger partial charge is 0.344 e. The van der Waals surface area contributed by atoms with Crippen LogP contribution in [0.1, 0.15) is 15.9 Å². The zero-order chi connectivity index (χ0) is 22.1. The molecule has 0 spiro atoms. The molecule has 0 aliphatic carbocycles. The van der Waals surface area contributed by atoms with Crippen molar-refractivity contribution in [2.45, 2.75) is 6.92 Å². The van der Waals surface area contributed by atoms with Gasteiger partial charge in [0.05, 0.1) is 10.9 Å². The molecule has 0 N–H and O–H groups in total. The fraction of sp³-hybridized carbons (Fsp3) is 0.0370. The first-order chi connectivity index (χ1) is 15.6. The number of carbonyl (C=O) groups excluding carboxylic acids is 1. The number of rotatable bonds is 4. The molecule has 5 rings (SSSR count). The number of fused-ring (bicyclic) bond motifs is 2. The Labute approximate surface area is 183 Å². The molecule has 32 heavy (non-hydrogen) atoms. The number of ether oxygens (including phenoxy) is 2. The lowest BCUT2D eigenvalue weighted by Crippen LogP contribution is -2.09. The van der Waals surface area contributed by atoms with Gasteiger partial charge in [-0.05, 0) is 48.0 Å². The number of benzene rings is 4. The molecule has 0 aliphatic heterocycles. The normalized spacial score (nSPS) is 10.9. The third-order valence-corrected chi connectivity index (χ3v) is 5.18. The van der Waals surface area contributed by atoms with E-state index < -0.39 is 5.97 Å². The second-order valence-corrected chi connectivity index (χ2v) is 7.42. The van der Waals surface area contributed by atoms with Gasteiger partial charge in [0.15, 0.2) is 0 Å². The fourth-order valence-corrected chi connectivity index (χ4v) is 3.52. The van der Waals surface area contributed by atoms with Crippen LogP contribution in [-0.4, -0.2) is 5.97 Å². The molecule has 0 aliphatic rings. The Morgan fingerprint density at radius 2 is 1.56 bits per heavy atom. The van der Waals surface area contributed by atoms with Crippen LogP contribution in [-0.2, 0) is 0 Å². The number of esters is 1. The van der Waals surface area contributed by atoms with Crippen molar-refractivity contribution >= 4 is 27.7 Å². The summed E-state index contributed by atoms with van der Waals surface area (Å²) in [6.45, 7) is 1.97. The maximum Gasteiger partial charge on any atom is 0.344 e. The van der Waals surface area contributed by atoms with Crippen LogP contribution in [0.2, 0.25) is 0 Å². The molecule has 1 aromatic heterocycles. The first kappa shape index (κ1) is 19.6. The van der Waals surface area contributed by atoms with Gasteiger partial charge < -0.3 is 13.9 Å². The van der Waals surface area contributed by atoms with Gasteiger partial charge in [-0.15, -0.1) is 0 Å². The molecule has 1 heterocycles. The summed E-state index contributed by atoms with van der Waals surface area (Å²) >= 11 is 0. The predicted octanol–water partition coefficient (Wildman–Crippen LogP) is 6.27.